The van der Waals surface area contributed by atoms with Crippen LogP contribution in [0.3, 0.4) is 0 Å². The third-order valence-electron chi connectivity index (χ3n) is 4.28. The highest BCUT2D eigenvalue weighted by Gasteiger charge is 2.24. The Kier molecular flexibility index (Phi) is 2.67. The van der Waals surface area contributed by atoms with Gasteiger partial charge in [-0.25, -0.2) is 4.79 Å². The van der Waals surface area contributed by atoms with Crippen LogP contribution in [-0.4, -0.2) is 29.4 Å². The summed E-state index contributed by atoms with van der Waals surface area (Å²) in [5.74, 6) is 0.698. The lowest BCUT2D eigenvalue weighted by molar-refractivity contribution is 0.181. The summed E-state index contributed by atoms with van der Waals surface area (Å²) in [7, 11) is 0. The number of carbonyl (C=O) groups is 1. The molecular formula is C18H13N3O3. The van der Waals surface area contributed by atoms with E-state index in [1.165, 1.54) is 0 Å². The maximum atomic E-state index is 11.8. The molecule has 1 aliphatic rings. The number of anilines is 1. The van der Waals surface area contributed by atoms with Crippen LogP contribution in [0.15, 0.2) is 52.9 Å². The predicted octanol–water partition coefficient (Wildman–Crippen LogP) is 3.93. The van der Waals surface area contributed by atoms with Crippen LogP contribution >= 0.6 is 0 Å². The largest absolute Gasteiger partial charge is 0.454 e. The molecule has 24 heavy (non-hydrogen) atoms. The number of fused-ring (bicyclic) bond motifs is 2. The molecule has 0 saturated carbocycles. The van der Waals surface area contributed by atoms with Gasteiger partial charge in [-0.3, -0.25) is 10.00 Å². The van der Waals surface area contributed by atoms with Gasteiger partial charge in [0.25, 0.3) is 0 Å². The van der Waals surface area contributed by atoms with Gasteiger partial charge in [0.05, 0.1) is 12.1 Å². The summed E-state index contributed by atoms with van der Waals surface area (Å²) in [5, 5.41) is 9.35. The molecule has 0 unspecified atom stereocenters. The number of benzene rings is 2. The SMILES string of the molecule is O=C1OCCN1c1ccc2[nH]nc(-c3cc4ccccc4o3)c2c1. The van der Waals surface area contributed by atoms with Crippen LogP contribution < -0.4 is 4.90 Å². The molecule has 0 spiro atoms. The number of furan rings is 1. The topological polar surface area (TPSA) is 71.4 Å². The minimum absolute atomic E-state index is 0.317. The molecule has 2 aromatic heterocycles. The van der Waals surface area contributed by atoms with E-state index in [0.29, 0.717) is 18.9 Å². The maximum Gasteiger partial charge on any atom is 0.414 e. The Morgan fingerprint density at radius 3 is 2.88 bits per heavy atom. The van der Waals surface area contributed by atoms with Crippen molar-refractivity contribution in [2.75, 3.05) is 18.1 Å². The second-order valence-electron chi connectivity index (χ2n) is 5.72. The maximum absolute atomic E-state index is 11.8. The van der Waals surface area contributed by atoms with Gasteiger partial charge in [-0.2, -0.15) is 5.10 Å². The van der Waals surface area contributed by atoms with E-state index >= 15 is 0 Å². The highest BCUT2D eigenvalue weighted by molar-refractivity contribution is 5.98. The van der Waals surface area contributed by atoms with Gasteiger partial charge in [0, 0.05) is 16.5 Å². The number of ether oxygens (including phenoxy) is 1. The van der Waals surface area contributed by atoms with Crippen molar-refractivity contribution in [2.45, 2.75) is 0 Å². The van der Waals surface area contributed by atoms with E-state index in [1.54, 1.807) is 4.90 Å². The Labute approximate surface area is 136 Å². The number of carbonyl (C=O) groups excluding carboxylic acids is 1. The van der Waals surface area contributed by atoms with Crippen LogP contribution in [0.4, 0.5) is 10.5 Å². The summed E-state index contributed by atoms with van der Waals surface area (Å²) >= 11 is 0. The molecule has 6 nitrogen and oxygen atoms in total. The standard InChI is InChI=1S/C18H13N3O3/c22-18-21(7-8-23-18)12-5-6-14-13(10-12)17(20-19-14)16-9-11-3-1-2-4-15(11)24-16/h1-6,9-10H,7-8H2,(H,19,20). The number of aromatic nitrogens is 2. The first-order valence-corrected chi connectivity index (χ1v) is 7.71. The Morgan fingerprint density at radius 2 is 2.04 bits per heavy atom. The molecule has 1 fully saturated rings. The number of nitrogens with zero attached hydrogens (tertiary/aromatic N) is 2. The average Bonchev–Trinajstić information content (AvgIpc) is 3.30. The lowest BCUT2D eigenvalue weighted by Crippen LogP contribution is -2.23. The number of H-pyrrole nitrogens is 1. The average molecular weight is 319 g/mol. The monoisotopic (exact) mass is 319 g/mol. The van der Waals surface area contributed by atoms with E-state index in [-0.39, 0.29) is 6.09 Å². The Hall–Kier alpha value is -3.28. The summed E-state index contributed by atoms with van der Waals surface area (Å²) < 4.78 is 10.9. The van der Waals surface area contributed by atoms with Gasteiger partial charge in [0.1, 0.15) is 17.9 Å². The molecule has 0 bridgehead atoms. The summed E-state index contributed by atoms with van der Waals surface area (Å²) in [5.41, 5.74) is 3.24. The normalized spacial score (nSPS) is 14.7. The lowest BCUT2D eigenvalue weighted by Gasteiger charge is -2.12. The molecule has 1 aliphatic heterocycles. The number of hydrogen-bond donors (Lipinski definition) is 1. The Bertz CT molecular complexity index is 1050. The van der Waals surface area contributed by atoms with E-state index in [1.807, 2.05) is 48.5 Å². The zero-order valence-corrected chi connectivity index (χ0v) is 12.7. The number of hydrogen-bond acceptors (Lipinski definition) is 4. The fourth-order valence-electron chi connectivity index (χ4n) is 3.08. The number of rotatable bonds is 2. The fraction of sp³-hybridized carbons (Fsp3) is 0.111. The van der Waals surface area contributed by atoms with Gasteiger partial charge in [0.15, 0.2) is 5.76 Å². The lowest BCUT2D eigenvalue weighted by atomic mass is 10.1. The molecule has 0 aliphatic carbocycles. The van der Waals surface area contributed by atoms with Crippen molar-refractivity contribution >= 4 is 33.7 Å². The van der Waals surface area contributed by atoms with Gasteiger partial charge in [0.2, 0.25) is 0 Å². The zero-order chi connectivity index (χ0) is 16.1. The van der Waals surface area contributed by atoms with Gasteiger partial charge in [-0.1, -0.05) is 18.2 Å². The van der Waals surface area contributed by atoms with E-state index in [0.717, 1.165) is 33.3 Å². The number of nitrogens with one attached hydrogen (secondary N) is 1. The van der Waals surface area contributed by atoms with Crippen LogP contribution in [0.5, 0.6) is 0 Å². The van der Waals surface area contributed by atoms with Crippen molar-refractivity contribution in [2.24, 2.45) is 0 Å². The van der Waals surface area contributed by atoms with Crippen LogP contribution in [0.25, 0.3) is 33.3 Å². The minimum Gasteiger partial charge on any atom is -0.454 e. The molecule has 2 aromatic carbocycles. The first kappa shape index (κ1) is 13.2. The summed E-state index contributed by atoms with van der Waals surface area (Å²) in [6.45, 7) is 0.973. The zero-order valence-electron chi connectivity index (χ0n) is 12.7. The number of para-hydroxylation sites is 1. The van der Waals surface area contributed by atoms with Crippen LogP contribution in [0.1, 0.15) is 0 Å². The number of amides is 1. The van der Waals surface area contributed by atoms with Crippen molar-refractivity contribution in [3.8, 4) is 11.5 Å². The molecule has 5 rings (SSSR count). The van der Waals surface area contributed by atoms with Crippen LogP contribution in [-0.2, 0) is 4.74 Å². The van der Waals surface area contributed by atoms with Crippen molar-refractivity contribution < 1.29 is 13.9 Å². The molecule has 1 N–H and O–H groups in total. The second-order valence-corrected chi connectivity index (χ2v) is 5.72. The van der Waals surface area contributed by atoms with E-state index < -0.39 is 0 Å². The number of cyclic esters (lactones) is 1. The highest BCUT2D eigenvalue weighted by Crippen LogP contribution is 2.33. The fourth-order valence-corrected chi connectivity index (χ4v) is 3.08. The van der Waals surface area contributed by atoms with E-state index in [9.17, 15) is 4.79 Å². The molecule has 0 radical (unpaired) electrons. The first-order chi connectivity index (χ1) is 11.8. The molecule has 1 saturated heterocycles. The number of aromatic amines is 1. The minimum atomic E-state index is -0.317. The van der Waals surface area contributed by atoms with Gasteiger partial charge < -0.3 is 9.15 Å². The highest BCUT2D eigenvalue weighted by atomic mass is 16.6. The molecular weight excluding hydrogens is 306 g/mol. The Morgan fingerprint density at radius 1 is 1.12 bits per heavy atom. The summed E-state index contributed by atoms with van der Waals surface area (Å²) in [6, 6.07) is 15.6. The van der Waals surface area contributed by atoms with Crippen molar-refractivity contribution in [3.63, 3.8) is 0 Å². The van der Waals surface area contributed by atoms with Gasteiger partial charge in [-0.05, 0) is 30.3 Å². The first-order valence-electron chi connectivity index (χ1n) is 7.71. The van der Waals surface area contributed by atoms with Gasteiger partial charge in [-0.15, -0.1) is 0 Å². The second kappa shape index (κ2) is 4.86. The van der Waals surface area contributed by atoms with Crippen LogP contribution in [0.2, 0.25) is 0 Å². The summed E-state index contributed by atoms with van der Waals surface area (Å²) in [6.07, 6.45) is -0.317. The Balaban J connectivity index is 1.66. The third-order valence-corrected chi connectivity index (χ3v) is 4.28. The molecule has 118 valence electrons. The van der Waals surface area contributed by atoms with Crippen LogP contribution in [0, 0.1) is 0 Å². The quantitative estimate of drug-likeness (QED) is 0.607. The predicted molar refractivity (Wildman–Crippen MR) is 90.0 cm³/mol. The molecule has 1 amide bonds. The van der Waals surface area contributed by atoms with E-state index in [4.69, 9.17) is 9.15 Å². The smallest absolute Gasteiger partial charge is 0.414 e. The van der Waals surface area contributed by atoms with Gasteiger partial charge >= 0.3 is 6.09 Å². The van der Waals surface area contributed by atoms with Crippen molar-refractivity contribution in [1.29, 1.82) is 0 Å². The summed E-state index contributed by atoms with van der Waals surface area (Å²) in [4.78, 5) is 13.4. The van der Waals surface area contributed by atoms with Crippen molar-refractivity contribution in [3.05, 3.63) is 48.5 Å². The molecule has 6 heteroatoms. The molecule has 4 aromatic rings. The molecule has 3 heterocycles. The van der Waals surface area contributed by atoms with Crippen molar-refractivity contribution in [1.82, 2.24) is 10.2 Å². The van der Waals surface area contributed by atoms with E-state index in [2.05, 4.69) is 10.2 Å². The molecule has 0 atom stereocenters. The third kappa shape index (κ3) is 1.89.